The van der Waals surface area contributed by atoms with Crippen LogP contribution >= 0.6 is 0 Å². The van der Waals surface area contributed by atoms with E-state index in [-0.39, 0.29) is 23.5 Å². The van der Waals surface area contributed by atoms with E-state index in [4.69, 9.17) is 10.2 Å². The molecule has 1 aromatic carbocycles. The number of nitrogens with zero attached hydrogens (tertiary/aromatic N) is 4. The zero-order valence-electron chi connectivity index (χ0n) is 14.6. The maximum atomic E-state index is 13.0. The molecule has 0 spiro atoms. The molecule has 1 amide bonds. The van der Waals surface area contributed by atoms with Gasteiger partial charge in [0, 0.05) is 11.1 Å². The van der Waals surface area contributed by atoms with Gasteiger partial charge in [-0.15, -0.1) is 0 Å². The fraction of sp³-hybridized carbons (Fsp3) is 0.263. The number of carbonyl (C=O) groups excluding carboxylic acids is 1. The molecule has 1 aliphatic carbocycles. The molecule has 1 saturated carbocycles. The van der Waals surface area contributed by atoms with Crippen molar-refractivity contribution in [3.8, 4) is 0 Å². The Balaban J connectivity index is 1.55. The molecule has 8 heteroatoms. The topological polar surface area (TPSA) is 112 Å². The van der Waals surface area contributed by atoms with E-state index in [2.05, 4.69) is 20.4 Å². The number of benzene rings is 1. The van der Waals surface area contributed by atoms with E-state index in [9.17, 15) is 4.79 Å². The highest BCUT2D eigenvalue weighted by atomic mass is 16.3. The molecule has 3 aromatic heterocycles. The number of nitrogens with one attached hydrogen (secondary N) is 1. The first-order valence-electron chi connectivity index (χ1n) is 8.98. The van der Waals surface area contributed by atoms with Crippen LogP contribution in [-0.2, 0) is 0 Å². The van der Waals surface area contributed by atoms with Crippen molar-refractivity contribution in [1.29, 1.82) is 0 Å². The number of furan rings is 1. The van der Waals surface area contributed by atoms with Crippen LogP contribution in [0.2, 0.25) is 0 Å². The summed E-state index contributed by atoms with van der Waals surface area (Å²) in [6.45, 7) is 0. The lowest BCUT2D eigenvalue weighted by Gasteiger charge is -2.10. The molecule has 3 N–H and O–H groups in total. The predicted molar refractivity (Wildman–Crippen MR) is 101 cm³/mol. The third-order valence-corrected chi connectivity index (χ3v) is 5.11. The van der Waals surface area contributed by atoms with E-state index in [1.807, 2.05) is 22.9 Å². The minimum atomic E-state index is -0.332. The van der Waals surface area contributed by atoms with Crippen LogP contribution in [0.5, 0.6) is 0 Å². The summed E-state index contributed by atoms with van der Waals surface area (Å²) < 4.78 is 7.18. The van der Waals surface area contributed by atoms with Crippen LogP contribution in [0, 0.1) is 0 Å². The molecule has 136 valence electrons. The van der Waals surface area contributed by atoms with Gasteiger partial charge in [-0.2, -0.15) is 5.10 Å². The number of nitrogen functional groups attached to an aromatic ring is 1. The van der Waals surface area contributed by atoms with E-state index in [1.54, 1.807) is 12.3 Å². The van der Waals surface area contributed by atoms with Crippen LogP contribution in [0.1, 0.15) is 42.2 Å². The lowest BCUT2D eigenvalue weighted by atomic mass is 10.2. The second-order valence-electron chi connectivity index (χ2n) is 6.82. The fourth-order valence-electron chi connectivity index (χ4n) is 3.79. The molecular formula is C19H18N6O2. The number of carbonyl (C=O) groups is 1. The molecule has 3 heterocycles. The summed E-state index contributed by atoms with van der Waals surface area (Å²) in [5.74, 6) is -0.0687. The molecule has 1 aliphatic rings. The second-order valence-corrected chi connectivity index (χ2v) is 6.82. The molecule has 27 heavy (non-hydrogen) atoms. The number of hydrogen-bond donors (Lipinski definition) is 2. The number of aromatic nitrogens is 4. The first kappa shape index (κ1) is 15.8. The number of amides is 1. The number of anilines is 2. The summed E-state index contributed by atoms with van der Waals surface area (Å²) in [7, 11) is 0. The first-order valence-corrected chi connectivity index (χ1v) is 8.98. The molecule has 0 unspecified atom stereocenters. The van der Waals surface area contributed by atoms with Gasteiger partial charge in [-0.05, 0) is 37.1 Å². The van der Waals surface area contributed by atoms with Crippen LogP contribution in [0.25, 0.3) is 22.0 Å². The average Bonchev–Trinajstić information content (AvgIpc) is 3.40. The van der Waals surface area contributed by atoms with E-state index >= 15 is 0 Å². The number of fused-ring (bicyclic) bond motifs is 2. The zero-order chi connectivity index (χ0) is 18.4. The average molecular weight is 362 g/mol. The SMILES string of the molecule is Nc1ncnc2c1c(C(=O)Nc1ccc3occc3c1)nn2C1CCCC1. The fourth-order valence-corrected chi connectivity index (χ4v) is 3.79. The van der Waals surface area contributed by atoms with Crippen LogP contribution in [0.4, 0.5) is 11.5 Å². The molecular weight excluding hydrogens is 344 g/mol. The number of rotatable bonds is 3. The van der Waals surface area contributed by atoms with Crippen LogP contribution in [0.15, 0.2) is 41.3 Å². The summed E-state index contributed by atoms with van der Waals surface area (Å²) in [5.41, 5.74) is 8.36. The van der Waals surface area contributed by atoms with Crippen molar-refractivity contribution in [3.63, 3.8) is 0 Å². The normalized spacial score (nSPS) is 15.0. The van der Waals surface area contributed by atoms with Gasteiger partial charge in [0.2, 0.25) is 0 Å². The van der Waals surface area contributed by atoms with Gasteiger partial charge < -0.3 is 15.5 Å². The Kier molecular flexibility index (Phi) is 3.56. The van der Waals surface area contributed by atoms with Crippen LogP contribution < -0.4 is 11.1 Å². The van der Waals surface area contributed by atoms with Gasteiger partial charge >= 0.3 is 0 Å². The van der Waals surface area contributed by atoms with Gasteiger partial charge in [-0.1, -0.05) is 12.8 Å². The largest absolute Gasteiger partial charge is 0.464 e. The Morgan fingerprint density at radius 1 is 1.22 bits per heavy atom. The van der Waals surface area contributed by atoms with Crippen molar-refractivity contribution in [1.82, 2.24) is 19.7 Å². The Morgan fingerprint density at radius 3 is 2.93 bits per heavy atom. The maximum Gasteiger partial charge on any atom is 0.277 e. The molecule has 5 rings (SSSR count). The maximum absolute atomic E-state index is 13.0. The van der Waals surface area contributed by atoms with E-state index in [1.165, 1.54) is 6.33 Å². The molecule has 4 aromatic rings. The summed E-state index contributed by atoms with van der Waals surface area (Å²) in [4.78, 5) is 21.4. The molecule has 0 atom stereocenters. The number of nitrogens with two attached hydrogens (primary N) is 1. The molecule has 0 aliphatic heterocycles. The Morgan fingerprint density at radius 2 is 2.07 bits per heavy atom. The van der Waals surface area contributed by atoms with Gasteiger partial charge in [0.15, 0.2) is 11.3 Å². The Hall–Kier alpha value is -3.42. The van der Waals surface area contributed by atoms with Gasteiger partial charge in [0.25, 0.3) is 5.91 Å². The summed E-state index contributed by atoms with van der Waals surface area (Å²) in [5, 5.41) is 8.90. The lowest BCUT2D eigenvalue weighted by molar-refractivity contribution is 0.102. The summed E-state index contributed by atoms with van der Waals surface area (Å²) in [6, 6.07) is 7.55. The highest BCUT2D eigenvalue weighted by molar-refractivity contribution is 6.13. The predicted octanol–water partition coefficient (Wildman–Crippen LogP) is 3.52. The van der Waals surface area contributed by atoms with Crippen molar-refractivity contribution in [3.05, 3.63) is 42.5 Å². The molecule has 0 bridgehead atoms. The second kappa shape index (κ2) is 6.08. The van der Waals surface area contributed by atoms with Gasteiger partial charge in [0.05, 0.1) is 17.7 Å². The van der Waals surface area contributed by atoms with Crippen molar-refractivity contribution in [2.45, 2.75) is 31.7 Å². The summed E-state index contributed by atoms with van der Waals surface area (Å²) >= 11 is 0. The quantitative estimate of drug-likeness (QED) is 0.577. The minimum absolute atomic E-state index is 0.241. The lowest BCUT2D eigenvalue weighted by Crippen LogP contribution is -2.14. The van der Waals surface area contributed by atoms with Crippen molar-refractivity contribution < 1.29 is 9.21 Å². The summed E-state index contributed by atoms with van der Waals surface area (Å²) in [6.07, 6.45) is 7.39. The third-order valence-electron chi connectivity index (χ3n) is 5.11. The smallest absolute Gasteiger partial charge is 0.277 e. The van der Waals surface area contributed by atoms with Gasteiger partial charge in [0.1, 0.15) is 17.7 Å². The van der Waals surface area contributed by atoms with Crippen molar-refractivity contribution >= 4 is 39.4 Å². The van der Waals surface area contributed by atoms with E-state index < -0.39 is 0 Å². The van der Waals surface area contributed by atoms with Gasteiger partial charge in [-0.3, -0.25) is 4.79 Å². The third kappa shape index (κ3) is 2.61. The zero-order valence-corrected chi connectivity index (χ0v) is 14.6. The van der Waals surface area contributed by atoms with Crippen LogP contribution in [0.3, 0.4) is 0 Å². The monoisotopic (exact) mass is 362 g/mol. The van der Waals surface area contributed by atoms with Crippen LogP contribution in [-0.4, -0.2) is 25.7 Å². The van der Waals surface area contributed by atoms with E-state index in [0.29, 0.717) is 16.7 Å². The van der Waals surface area contributed by atoms with Crippen molar-refractivity contribution in [2.24, 2.45) is 0 Å². The molecule has 8 nitrogen and oxygen atoms in total. The van der Waals surface area contributed by atoms with Crippen molar-refractivity contribution in [2.75, 3.05) is 11.1 Å². The first-order chi connectivity index (χ1) is 13.2. The highest BCUT2D eigenvalue weighted by Crippen LogP contribution is 2.33. The molecule has 1 fully saturated rings. The van der Waals surface area contributed by atoms with E-state index in [0.717, 1.165) is 36.7 Å². The standard InChI is InChI=1S/C19H18N6O2/c20-17-15-16(19(26)23-12-5-6-14-11(9-12)7-8-27-14)24-25(13-3-1-2-4-13)18(15)22-10-21-17/h5-10,13H,1-4H2,(H,23,26)(H2,20,21,22). The Labute approximate surface area is 154 Å². The minimum Gasteiger partial charge on any atom is -0.464 e. The highest BCUT2D eigenvalue weighted by Gasteiger charge is 2.26. The Bertz CT molecular complexity index is 1160. The number of hydrogen-bond acceptors (Lipinski definition) is 6. The van der Waals surface area contributed by atoms with Gasteiger partial charge in [-0.25, -0.2) is 14.6 Å². The molecule has 0 saturated heterocycles. The molecule has 0 radical (unpaired) electrons.